The third kappa shape index (κ3) is 4.53. The van der Waals surface area contributed by atoms with E-state index in [1.54, 1.807) is 7.11 Å². The van der Waals surface area contributed by atoms with E-state index >= 15 is 0 Å². The van der Waals surface area contributed by atoms with E-state index in [1.165, 1.54) is 5.56 Å². The van der Waals surface area contributed by atoms with Crippen LogP contribution in [0, 0.1) is 20.8 Å². The number of nitrogens with one attached hydrogen (secondary N) is 1. The first-order valence-corrected chi connectivity index (χ1v) is 8.81. The predicted octanol–water partition coefficient (Wildman–Crippen LogP) is 4.24. The third-order valence-electron chi connectivity index (χ3n) is 4.30. The van der Waals surface area contributed by atoms with Crippen molar-refractivity contribution in [3.8, 4) is 17.1 Å². The molecule has 1 aromatic heterocycles. The number of carbonyl (C=O) groups is 1. The minimum Gasteiger partial charge on any atom is -0.497 e. The summed E-state index contributed by atoms with van der Waals surface area (Å²) in [5.74, 6) is 1.56. The number of benzene rings is 2. The second-order valence-electron chi connectivity index (χ2n) is 6.57. The highest BCUT2D eigenvalue weighted by molar-refractivity contribution is 5.92. The first kappa shape index (κ1) is 18.6. The third-order valence-corrected chi connectivity index (χ3v) is 4.30. The summed E-state index contributed by atoms with van der Waals surface area (Å²) in [6, 6.07) is 11.5. The number of nitrogens with zero attached hydrogens (tertiary/aromatic N) is 2. The number of aromatic nitrogens is 2. The molecule has 1 amide bonds. The van der Waals surface area contributed by atoms with Gasteiger partial charge in [0.1, 0.15) is 5.75 Å². The SMILES string of the molecule is COc1cccc(-c2noc(CCC(=O)Nc3c(C)cc(C)cc3C)n2)c1. The van der Waals surface area contributed by atoms with E-state index < -0.39 is 0 Å². The molecule has 0 radical (unpaired) electrons. The highest BCUT2D eigenvalue weighted by atomic mass is 16.5. The zero-order valence-corrected chi connectivity index (χ0v) is 16.0. The van der Waals surface area contributed by atoms with Crippen LogP contribution in [0.3, 0.4) is 0 Å². The van der Waals surface area contributed by atoms with Crippen LogP contribution in [0.25, 0.3) is 11.4 Å². The van der Waals surface area contributed by atoms with Gasteiger partial charge in [0.2, 0.25) is 17.6 Å². The zero-order chi connectivity index (χ0) is 19.4. The summed E-state index contributed by atoms with van der Waals surface area (Å²) in [5.41, 5.74) is 4.96. The Morgan fingerprint density at radius 3 is 2.59 bits per heavy atom. The molecule has 3 rings (SSSR count). The first-order chi connectivity index (χ1) is 13.0. The van der Waals surface area contributed by atoms with Crippen molar-refractivity contribution in [3.05, 3.63) is 59.0 Å². The van der Waals surface area contributed by atoms with Crippen molar-refractivity contribution in [2.45, 2.75) is 33.6 Å². The van der Waals surface area contributed by atoms with E-state index in [2.05, 4.69) is 27.6 Å². The standard InChI is InChI=1S/C21H23N3O3/c1-13-10-14(2)20(15(3)11-13)22-18(25)8-9-19-23-21(24-27-19)16-6-5-7-17(12-16)26-4/h5-7,10-12H,8-9H2,1-4H3,(H,22,25). The fraction of sp³-hybridized carbons (Fsp3) is 0.286. The van der Waals surface area contributed by atoms with Crippen molar-refractivity contribution < 1.29 is 14.1 Å². The number of hydrogen-bond donors (Lipinski definition) is 1. The van der Waals surface area contributed by atoms with Crippen LogP contribution in [0.15, 0.2) is 40.9 Å². The Morgan fingerprint density at radius 2 is 1.89 bits per heavy atom. The van der Waals surface area contributed by atoms with Crippen molar-refractivity contribution in [3.63, 3.8) is 0 Å². The van der Waals surface area contributed by atoms with Gasteiger partial charge in [-0.3, -0.25) is 4.79 Å². The molecule has 0 spiro atoms. The lowest BCUT2D eigenvalue weighted by atomic mass is 10.0. The van der Waals surface area contributed by atoms with Crippen molar-refractivity contribution in [2.75, 3.05) is 12.4 Å². The van der Waals surface area contributed by atoms with E-state index in [0.29, 0.717) is 18.1 Å². The Hall–Kier alpha value is -3.15. The molecule has 0 aliphatic heterocycles. The molecule has 3 aromatic rings. The number of amides is 1. The Kier molecular flexibility index (Phi) is 5.54. The highest BCUT2D eigenvalue weighted by Crippen LogP contribution is 2.23. The molecule has 0 atom stereocenters. The summed E-state index contributed by atoms with van der Waals surface area (Å²) in [7, 11) is 1.61. The maximum Gasteiger partial charge on any atom is 0.227 e. The summed E-state index contributed by atoms with van der Waals surface area (Å²) >= 11 is 0. The fourth-order valence-corrected chi connectivity index (χ4v) is 3.04. The molecule has 1 heterocycles. The smallest absolute Gasteiger partial charge is 0.227 e. The van der Waals surface area contributed by atoms with Crippen molar-refractivity contribution in [2.24, 2.45) is 0 Å². The maximum atomic E-state index is 12.3. The normalized spacial score (nSPS) is 10.7. The summed E-state index contributed by atoms with van der Waals surface area (Å²) < 4.78 is 10.5. The van der Waals surface area contributed by atoms with Gasteiger partial charge in [-0.2, -0.15) is 4.98 Å². The number of rotatable bonds is 6. The molecule has 0 bridgehead atoms. The number of anilines is 1. The van der Waals surface area contributed by atoms with Crippen LogP contribution in [-0.4, -0.2) is 23.2 Å². The van der Waals surface area contributed by atoms with Crippen LogP contribution in [0.4, 0.5) is 5.69 Å². The Labute approximate surface area is 158 Å². The van der Waals surface area contributed by atoms with E-state index in [1.807, 2.05) is 45.0 Å². The molecule has 0 aliphatic rings. The minimum absolute atomic E-state index is 0.0776. The van der Waals surface area contributed by atoms with Gasteiger partial charge in [0.25, 0.3) is 0 Å². The average molecular weight is 365 g/mol. The van der Waals surface area contributed by atoms with Gasteiger partial charge in [0, 0.05) is 24.1 Å². The van der Waals surface area contributed by atoms with E-state index in [9.17, 15) is 4.79 Å². The van der Waals surface area contributed by atoms with E-state index in [0.717, 1.165) is 28.1 Å². The number of methoxy groups -OCH3 is 1. The maximum absolute atomic E-state index is 12.3. The molecule has 140 valence electrons. The number of carbonyl (C=O) groups excluding carboxylic acids is 1. The number of ether oxygens (including phenoxy) is 1. The molecule has 0 fully saturated rings. The second-order valence-corrected chi connectivity index (χ2v) is 6.57. The van der Waals surface area contributed by atoms with Crippen LogP contribution in [0.5, 0.6) is 5.75 Å². The topological polar surface area (TPSA) is 77.2 Å². The van der Waals surface area contributed by atoms with Gasteiger partial charge < -0.3 is 14.6 Å². The lowest BCUT2D eigenvalue weighted by Crippen LogP contribution is -2.14. The molecule has 27 heavy (non-hydrogen) atoms. The molecule has 0 saturated heterocycles. The van der Waals surface area contributed by atoms with Gasteiger partial charge in [0.05, 0.1) is 7.11 Å². The molecule has 1 N–H and O–H groups in total. The Balaban J connectivity index is 1.62. The molecule has 2 aromatic carbocycles. The summed E-state index contributed by atoms with van der Waals surface area (Å²) in [4.78, 5) is 16.7. The lowest BCUT2D eigenvalue weighted by Gasteiger charge is -2.12. The van der Waals surface area contributed by atoms with Crippen molar-refractivity contribution in [1.29, 1.82) is 0 Å². The lowest BCUT2D eigenvalue weighted by molar-refractivity contribution is -0.116. The van der Waals surface area contributed by atoms with Crippen LogP contribution < -0.4 is 10.1 Å². The molecule has 0 saturated carbocycles. The summed E-state index contributed by atoms with van der Waals surface area (Å²) in [6.07, 6.45) is 0.652. The molecule has 0 aliphatic carbocycles. The van der Waals surface area contributed by atoms with Gasteiger partial charge in [-0.15, -0.1) is 0 Å². The van der Waals surface area contributed by atoms with Crippen molar-refractivity contribution in [1.82, 2.24) is 10.1 Å². The minimum atomic E-state index is -0.0776. The van der Waals surface area contributed by atoms with Crippen LogP contribution >= 0.6 is 0 Å². The zero-order valence-electron chi connectivity index (χ0n) is 16.0. The van der Waals surface area contributed by atoms with E-state index in [4.69, 9.17) is 9.26 Å². The first-order valence-electron chi connectivity index (χ1n) is 8.81. The summed E-state index contributed by atoms with van der Waals surface area (Å²) in [6.45, 7) is 6.03. The molecular formula is C21H23N3O3. The molecule has 6 heteroatoms. The average Bonchev–Trinajstić information content (AvgIpc) is 3.12. The summed E-state index contributed by atoms with van der Waals surface area (Å²) in [5, 5.41) is 6.97. The second kappa shape index (κ2) is 8.03. The fourth-order valence-electron chi connectivity index (χ4n) is 3.04. The van der Waals surface area contributed by atoms with Gasteiger partial charge in [-0.1, -0.05) is 35.0 Å². The van der Waals surface area contributed by atoms with E-state index in [-0.39, 0.29) is 12.3 Å². The largest absolute Gasteiger partial charge is 0.497 e. The highest BCUT2D eigenvalue weighted by Gasteiger charge is 2.13. The molecule has 0 unspecified atom stereocenters. The quantitative estimate of drug-likeness (QED) is 0.707. The van der Waals surface area contributed by atoms with Gasteiger partial charge in [-0.05, 0) is 44.0 Å². The molecule has 6 nitrogen and oxygen atoms in total. The number of hydrogen-bond acceptors (Lipinski definition) is 5. The van der Waals surface area contributed by atoms with Crippen LogP contribution in [-0.2, 0) is 11.2 Å². The van der Waals surface area contributed by atoms with Crippen molar-refractivity contribution >= 4 is 11.6 Å². The van der Waals surface area contributed by atoms with Crippen LogP contribution in [0.2, 0.25) is 0 Å². The monoisotopic (exact) mass is 365 g/mol. The van der Waals surface area contributed by atoms with Crippen LogP contribution in [0.1, 0.15) is 29.0 Å². The number of aryl methyl sites for hydroxylation is 4. The Morgan fingerprint density at radius 1 is 1.15 bits per heavy atom. The molecular weight excluding hydrogens is 342 g/mol. The predicted molar refractivity (Wildman–Crippen MR) is 104 cm³/mol. The van der Waals surface area contributed by atoms with Gasteiger partial charge in [0.15, 0.2) is 0 Å². The Bertz CT molecular complexity index is 940. The van der Waals surface area contributed by atoms with Gasteiger partial charge >= 0.3 is 0 Å². The van der Waals surface area contributed by atoms with Gasteiger partial charge in [-0.25, -0.2) is 0 Å².